The highest BCUT2D eigenvalue weighted by Crippen LogP contribution is 2.44. The molecule has 2 aromatic carbocycles. The molecule has 3 unspecified atom stereocenters. The van der Waals surface area contributed by atoms with Gasteiger partial charge in [0, 0.05) is 17.5 Å². The zero-order chi connectivity index (χ0) is 25.6. The summed E-state index contributed by atoms with van der Waals surface area (Å²) in [4.78, 5) is 19.8. The van der Waals surface area contributed by atoms with Gasteiger partial charge < -0.3 is 15.7 Å². The molecule has 1 amide bonds. The Morgan fingerprint density at radius 3 is 2.31 bits per heavy atom. The van der Waals surface area contributed by atoms with Gasteiger partial charge in [-0.15, -0.1) is 11.3 Å². The fourth-order valence-electron chi connectivity index (χ4n) is 4.66. The van der Waals surface area contributed by atoms with Crippen molar-refractivity contribution in [3.8, 4) is 17.2 Å². The lowest BCUT2D eigenvalue weighted by molar-refractivity contribution is -0.137. The highest BCUT2D eigenvalue weighted by Gasteiger charge is 2.52. The molecule has 3 N–H and O–H groups in total. The number of nitrogens with two attached hydrogens (primary N) is 1. The summed E-state index contributed by atoms with van der Waals surface area (Å²) in [6, 6.07) is 16.1. The van der Waals surface area contributed by atoms with Crippen LogP contribution in [0.3, 0.4) is 0 Å². The van der Waals surface area contributed by atoms with Crippen LogP contribution in [0.5, 0.6) is 0 Å². The van der Waals surface area contributed by atoms with Crippen LogP contribution in [-0.2, 0) is 6.18 Å². The number of carbonyl (C=O) groups is 1. The highest BCUT2D eigenvalue weighted by molar-refractivity contribution is 7.21. The maximum absolute atomic E-state index is 13.4. The molecule has 1 aliphatic heterocycles. The number of carbonyl (C=O) groups excluding carboxylic acids is 1. The van der Waals surface area contributed by atoms with Gasteiger partial charge in [-0.2, -0.15) is 18.4 Å². The smallest absolute Gasteiger partial charge is 0.397 e. The van der Waals surface area contributed by atoms with E-state index >= 15 is 0 Å². The van der Waals surface area contributed by atoms with Gasteiger partial charge in [0.15, 0.2) is 0 Å². The Morgan fingerprint density at radius 2 is 1.75 bits per heavy atom. The zero-order valence-electron chi connectivity index (χ0n) is 18.6. The zero-order valence-corrected chi connectivity index (χ0v) is 19.4. The highest BCUT2D eigenvalue weighted by atomic mass is 32.1. The number of aliphatic hydroxyl groups is 1. The van der Waals surface area contributed by atoms with Crippen LogP contribution < -0.4 is 5.73 Å². The van der Waals surface area contributed by atoms with Gasteiger partial charge in [0.25, 0.3) is 5.91 Å². The molecule has 2 aromatic heterocycles. The average molecular weight is 509 g/mol. The van der Waals surface area contributed by atoms with Crippen molar-refractivity contribution in [2.75, 3.05) is 12.3 Å². The van der Waals surface area contributed by atoms with Gasteiger partial charge >= 0.3 is 6.18 Å². The van der Waals surface area contributed by atoms with Crippen molar-refractivity contribution in [1.82, 2.24) is 9.88 Å². The molecule has 0 radical (unpaired) electrons. The lowest BCUT2D eigenvalue weighted by Crippen LogP contribution is -2.65. The monoisotopic (exact) mass is 508 g/mol. The molecular formula is C26H19F3N4O2S. The predicted octanol–water partition coefficient (Wildman–Crippen LogP) is 5.06. The second-order valence-electron chi connectivity index (χ2n) is 8.46. The van der Waals surface area contributed by atoms with Gasteiger partial charge in [-0.25, -0.2) is 4.98 Å². The number of aliphatic hydroxyl groups excluding tert-OH is 1. The van der Waals surface area contributed by atoms with Gasteiger partial charge in [0.2, 0.25) is 0 Å². The number of nitrogen functional groups attached to an aromatic ring is 1. The number of thiophene rings is 1. The van der Waals surface area contributed by atoms with E-state index in [9.17, 15) is 28.3 Å². The number of fused-ring (bicyclic) bond motifs is 1. The van der Waals surface area contributed by atoms with E-state index in [1.54, 1.807) is 42.6 Å². The Kier molecular flexibility index (Phi) is 5.90. The van der Waals surface area contributed by atoms with E-state index in [1.807, 2.05) is 0 Å². The quantitative estimate of drug-likeness (QED) is 0.401. The van der Waals surface area contributed by atoms with E-state index < -0.39 is 35.6 Å². The first-order valence-corrected chi connectivity index (χ1v) is 11.8. The maximum Gasteiger partial charge on any atom is 0.416 e. The molecular weight excluding hydrogens is 489 g/mol. The summed E-state index contributed by atoms with van der Waals surface area (Å²) in [5, 5.41) is 20.6. The molecule has 0 bridgehead atoms. The molecule has 1 fully saturated rings. The van der Waals surface area contributed by atoms with Crippen molar-refractivity contribution < 1.29 is 23.1 Å². The number of aromatic nitrogens is 1. The van der Waals surface area contributed by atoms with E-state index in [0.29, 0.717) is 27.0 Å². The number of nitrogens with zero attached hydrogens (tertiary/aromatic N) is 3. The van der Waals surface area contributed by atoms with Crippen LogP contribution in [0.1, 0.15) is 26.7 Å². The predicted molar refractivity (Wildman–Crippen MR) is 130 cm³/mol. The number of anilines is 1. The van der Waals surface area contributed by atoms with Gasteiger partial charge in [0.1, 0.15) is 15.7 Å². The van der Waals surface area contributed by atoms with Crippen LogP contribution in [0.4, 0.5) is 18.9 Å². The summed E-state index contributed by atoms with van der Waals surface area (Å²) >= 11 is 1.14. The third-order valence-electron chi connectivity index (χ3n) is 6.51. The standard InChI is InChI=1S/C26H19F3N4O2S/c27-26(28,29)17-9-7-15(8-10-17)14-3-5-16(6-4-14)21-19(12-30)33(20(21)13-34)25(35)23-22(31)18-2-1-11-32-24(18)36-23/h1-11,19-21,34H,13,31H2. The van der Waals surface area contributed by atoms with Crippen molar-refractivity contribution in [3.05, 3.63) is 82.9 Å². The van der Waals surface area contributed by atoms with E-state index in [2.05, 4.69) is 11.1 Å². The number of pyridine rings is 1. The first-order chi connectivity index (χ1) is 17.2. The largest absolute Gasteiger partial charge is 0.416 e. The molecule has 1 aliphatic rings. The molecule has 10 heteroatoms. The van der Waals surface area contributed by atoms with Crippen molar-refractivity contribution in [3.63, 3.8) is 0 Å². The normalized spacial score (nSPS) is 19.6. The molecule has 6 nitrogen and oxygen atoms in total. The summed E-state index contributed by atoms with van der Waals surface area (Å²) < 4.78 is 38.5. The van der Waals surface area contributed by atoms with E-state index in [0.717, 1.165) is 29.0 Å². The summed E-state index contributed by atoms with van der Waals surface area (Å²) in [5.74, 6) is -0.863. The molecule has 182 valence electrons. The maximum atomic E-state index is 13.4. The second-order valence-corrected chi connectivity index (χ2v) is 9.46. The number of likely N-dealkylation sites (tertiary alicyclic amines) is 1. The minimum absolute atomic E-state index is 0.276. The molecule has 36 heavy (non-hydrogen) atoms. The Bertz CT molecular complexity index is 1480. The number of benzene rings is 2. The minimum Gasteiger partial charge on any atom is -0.397 e. The molecule has 0 saturated carbocycles. The van der Waals surface area contributed by atoms with E-state index in [4.69, 9.17) is 5.73 Å². The number of amides is 1. The Labute approximate surface area is 208 Å². The van der Waals surface area contributed by atoms with Gasteiger partial charge in [-0.1, -0.05) is 36.4 Å². The molecule has 3 atom stereocenters. The van der Waals surface area contributed by atoms with Crippen LogP contribution in [0.15, 0.2) is 66.9 Å². The number of halogens is 3. The van der Waals surface area contributed by atoms with Crippen molar-refractivity contribution in [2.45, 2.75) is 24.2 Å². The SMILES string of the molecule is N#CC1C(c2ccc(-c3ccc(C(F)(F)F)cc3)cc2)C(CO)N1C(=O)c1sc2ncccc2c1N. The van der Waals surface area contributed by atoms with Gasteiger partial charge in [-0.05, 0) is 41.0 Å². The summed E-state index contributed by atoms with van der Waals surface area (Å²) in [6.07, 6.45) is -2.80. The summed E-state index contributed by atoms with van der Waals surface area (Å²) in [6.45, 7) is -0.349. The van der Waals surface area contributed by atoms with Gasteiger partial charge in [-0.3, -0.25) is 4.79 Å². The first kappa shape index (κ1) is 23.8. The lowest BCUT2D eigenvalue weighted by Gasteiger charge is -2.51. The Morgan fingerprint density at radius 1 is 1.11 bits per heavy atom. The molecule has 0 spiro atoms. The lowest BCUT2D eigenvalue weighted by atomic mass is 9.75. The third kappa shape index (κ3) is 3.86. The molecule has 4 aromatic rings. The van der Waals surface area contributed by atoms with Crippen molar-refractivity contribution >= 4 is 33.1 Å². The number of nitriles is 1. The molecule has 3 heterocycles. The topological polar surface area (TPSA) is 103 Å². The first-order valence-electron chi connectivity index (χ1n) is 11.0. The van der Waals surface area contributed by atoms with Crippen LogP contribution in [-0.4, -0.2) is 39.6 Å². The summed E-state index contributed by atoms with van der Waals surface area (Å²) in [5.41, 5.74) is 7.84. The van der Waals surface area contributed by atoms with Crippen LogP contribution in [0.2, 0.25) is 0 Å². The minimum atomic E-state index is -4.40. The van der Waals surface area contributed by atoms with E-state index in [-0.39, 0.29) is 11.5 Å². The number of hydrogen-bond acceptors (Lipinski definition) is 6. The molecule has 5 rings (SSSR count). The average Bonchev–Trinajstić information content (AvgIpc) is 3.20. The number of alkyl halides is 3. The fraction of sp³-hybridized carbons (Fsp3) is 0.192. The van der Waals surface area contributed by atoms with Crippen LogP contribution in [0.25, 0.3) is 21.3 Å². The summed E-state index contributed by atoms with van der Waals surface area (Å²) in [7, 11) is 0. The third-order valence-corrected chi connectivity index (χ3v) is 7.62. The van der Waals surface area contributed by atoms with Gasteiger partial charge in [0.05, 0.1) is 30.0 Å². The second kappa shape index (κ2) is 8.93. The number of hydrogen-bond donors (Lipinski definition) is 2. The molecule has 1 saturated heterocycles. The molecule has 0 aliphatic carbocycles. The van der Waals surface area contributed by atoms with E-state index in [1.165, 1.54) is 17.0 Å². The van der Waals surface area contributed by atoms with Crippen molar-refractivity contribution in [1.29, 1.82) is 5.26 Å². The Balaban J connectivity index is 1.40. The van der Waals surface area contributed by atoms with Crippen LogP contribution in [0, 0.1) is 11.3 Å². The Hall–Kier alpha value is -3.94. The van der Waals surface area contributed by atoms with Crippen molar-refractivity contribution in [2.24, 2.45) is 0 Å². The fourth-order valence-corrected chi connectivity index (χ4v) is 5.67. The number of rotatable bonds is 4. The van der Waals surface area contributed by atoms with Crippen LogP contribution >= 0.6 is 11.3 Å².